The Balaban J connectivity index is 2.81. The van der Waals surface area contributed by atoms with Gasteiger partial charge in [-0.15, -0.1) is 0 Å². The molecule has 100 valence electrons. The Morgan fingerprint density at radius 2 is 1.78 bits per heavy atom. The van der Waals surface area contributed by atoms with Gasteiger partial charge in [0.2, 0.25) is 0 Å². The molecular formula is C14H17F3O. The van der Waals surface area contributed by atoms with Gasteiger partial charge in [0.05, 0.1) is 5.56 Å². The lowest BCUT2D eigenvalue weighted by molar-refractivity contribution is -0.137. The maximum atomic E-state index is 12.5. The number of benzene rings is 1. The lowest BCUT2D eigenvalue weighted by Crippen LogP contribution is -2.11. The molecule has 0 unspecified atom stereocenters. The van der Waals surface area contributed by atoms with Crippen molar-refractivity contribution in [3.05, 3.63) is 35.4 Å². The van der Waals surface area contributed by atoms with E-state index in [2.05, 4.69) is 0 Å². The summed E-state index contributed by atoms with van der Waals surface area (Å²) in [6.07, 6.45) is -3.48. The van der Waals surface area contributed by atoms with Gasteiger partial charge in [0.25, 0.3) is 0 Å². The highest BCUT2D eigenvalue weighted by Gasteiger charge is 2.30. The average Bonchev–Trinajstić information content (AvgIpc) is 2.24. The Bertz CT molecular complexity index is 427. The predicted molar refractivity (Wildman–Crippen MR) is 64.5 cm³/mol. The fraction of sp³-hybridized carbons (Fsp3) is 0.500. The SMILES string of the molecule is CC(C)(C)CCC(=O)c1cccc(C(F)(F)F)c1. The van der Waals surface area contributed by atoms with Crippen molar-refractivity contribution in [3.8, 4) is 0 Å². The molecule has 0 bridgehead atoms. The van der Waals surface area contributed by atoms with Crippen LogP contribution in [0.4, 0.5) is 13.2 Å². The van der Waals surface area contributed by atoms with Crippen molar-refractivity contribution in [3.63, 3.8) is 0 Å². The third-order valence-electron chi connectivity index (χ3n) is 2.61. The number of hydrogen-bond acceptors (Lipinski definition) is 1. The minimum absolute atomic E-state index is 0.00268. The van der Waals surface area contributed by atoms with Crippen LogP contribution in [0, 0.1) is 5.41 Å². The van der Waals surface area contributed by atoms with E-state index in [9.17, 15) is 18.0 Å². The van der Waals surface area contributed by atoms with Gasteiger partial charge >= 0.3 is 6.18 Å². The first kappa shape index (κ1) is 14.7. The second-order valence-electron chi connectivity index (χ2n) is 5.56. The van der Waals surface area contributed by atoms with Crippen LogP contribution >= 0.6 is 0 Å². The highest BCUT2D eigenvalue weighted by Crippen LogP contribution is 2.30. The van der Waals surface area contributed by atoms with Crippen molar-refractivity contribution in [1.82, 2.24) is 0 Å². The number of halogens is 3. The van der Waals surface area contributed by atoms with Gasteiger partial charge in [-0.3, -0.25) is 4.79 Å². The van der Waals surface area contributed by atoms with Gasteiger partial charge in [-0.1, -0.05) is 32.9 Å². The molecule has 1 nitrogen and oxygen atoms in total. The van der Waals surface area contributed by atoms with Crippen LogP contribution in [0.3, 0.4) is 0 Å². The highest BCUT2D eigenvalue weighted by atomic mass is 19.4. The van der Waals surface area contributed by atoms with Gasteiger partial charge in [0.15, 0.2) is 5.78 Å². The summed E-state index contributed by atoms with van der Waals surface area (Å²) < 4.78 is 37.5. The van der Waals surface area contributed by atoms with E-state index in [-0.39, 0.29) is 23.2 Å². The largest absolute Gasteiger partial charge is 0.416 e. The number of rotatable bonds is 3. The molecule has 0 saturated carbocycles. The Kier molecular flexibility index (Phi) is 4.20. The summed E-state index contributed by atoms with van der Waals surface area (Å²) >= 11 is 0. The van der Waals surface area contributed by atoms with Gasteiger partial charge in [-0.2, -0.15) is 13.2 Å². The molecule has 0 aromatic heterocycles. The van der Waals surface area contributed by atoms with E-state index in [1.807, 2.05) is 20.8 Å². The molecule has 0 aliphatic carbocycles. The molecule has 0 saturated heterocycles. The van der Waals surface area contributed by atoms with Crippen molar-refractivity contribution in [2.24, 2.45) is 5.41 Å². The molecule has 1 aromatic rings. The molecule has 1 aromatic carbocycles. The normalized spacial score (nSPS) is 12.6. The molecule has 0 radical (unpaired) electrons. The summed E-state index contributed by atoms with van der Waals surface area (Å²) in [5.74, 6) is -0.240. The number of hydrogen-bond donors (Lipinski definition) is 0. The summed E-state index contributed by atoms with van der Waals surface area (Å²) in [4.78, 5) is 11.8. The van der Waals surface area contributed by atoms with Crippen molar-refractivity contribution in [1.29, 1.82) is 0 Å². The topological polar surface area (TPSA) is 17.1 Å². The zero-order valence-corrected chi connectivity index (χ0v) is 10.8. The monoisotopic (exact) mass is 258 g/mol. The van der Waals surface area contributed by atoms with E-state index in [1.54, 1.807) is 0 Å². The zero-order chi connectivity index (χ0) is 14.0. The third-order valence-corrected chi connectivity index (χ3v) is 2.61. The molecular weight excluding hydrogens is 241 g/mol. The second-order valence-corrected chi connectivity index (χ2v) is 5.56. The van der Waals surface area contributed by atoms with E-state index >= 15 is 0 Å². The molecule has 0 heterocycles. The lowest BCUT2D eigenvalue weighted by Gasteiger charge is -2.17. The molecule has 0 N–H and O–H groups in total. The summed E-state index contributed by atoms with van der Waals surface area (Å²) in [5, 5.41) is 0. The standard InChI is InChI=1S/C14H17F3O/c1-13(2,3)8-7-12(18)10-5-4-6-11(9-10)14(15,16)17/h4-6,9H,7-8H2,1-3H3. The first-order valence-corrected chi connectivity index (χ1v) is 5.80. The first-order valence-electron chi connectivity index (χ1n) is 5.80. The van der Waals surface area contributed by atoms with Gasteiger partial charge in [-0.05, 0) is 24.0 Å². The summed E-state index contributed by atoms with van der Waals surface area (Å²) in [6.45, 7) is 5.98. The quantitative estimate of drug-likeness (QED) is 0.717. The summed E-state index contributed by atoms with van der Waals surface area (Å²) in [6, 6.07) is 4.60. The first-order chi connectivity index (χ1) is 8.09. The van der Waals surface area contributed by atoms with Crippen molar-refractivity contribution >= 4 is 5.78 Å². The molecule has 1 rings (SSSR count). The van der Waals surface area contributed by atoms with Crippen LogP contribution in [0.5, 0.6) is 0 Å². The fourth-order valence-corrected chi connectivity index (χ4v) is 1.50. The molecule has 0 fully saturated rings. The highest BCUT2D eigenvalue weighted by molar-refractivity contribution is 5.96. The fourth-order valence-electron chi connectivity index (χ4n) is 1.50. The third kappa shape index (κ3) is 4.51. The van der Waals surface area contributed by atoms with Crippen molar-refractivity contribution in [2.45, 2.75) is 39.8 Å². The molecule has 0 aliphatic heterocycles. The number of carbonyl (C=O) groups is 1. The van der Waals surface area contributed by atoms with Crippen LogP contribution < -0.4 is 0 Å². The number of ketones is 1. The van der Waals surface area contributed by atoms with Crippen LogP contribution in [0.25, 0.3) is 0 Å². The molecule has 0 amide bonds. The number of Topliss-reactive ketones (excluding diaryl/α,β-unsaturated/α-hetero) is 1. The number of alkyl halides is 3. The average molecular weight is 258 g/mol. The second kappa shape index (κ2) is 5.12. The molecule has 0 aliphatic rings. The Morgan fingerprint density at radius 3 is 2.28 bits per heavy atom. The van der Waals surface area contributed by atoms with Gasteiger partial charge in [0, 0.05) is 12.0 Å². The van der Waals surface area contributed by atoms with Crippen molar-refractivity contribution in [2.75, 3.05) is 0 Å². The predicted octanol–water partition coefficient (Wildman–Crippen LogP) is 4.71. The van der Waals surface area contributed by atoms with E-state index in [0.717, 1.165) is 12.1 Å². The van der Waals surface area contributed by atoms with Crippen LogP contribution in [-0.4, -0.2) is 5.78 Å². The van der Waals surface area contributed by atoms with Crippen molar-refractivity contribution < 1.29 is 18.0 Å². The maximum absolute atomic E-state index is 12.5. The van der Waals surface area contributed by atoms with Crippen LogP contribution in [-0.2, 0) is 6.18 Å². The summed E-state index contributed by atoms with van der Waals surface area (Å²) in [5.41, 5.74) is -0.643. The molecule has 18 heavy (non-hydrogen) atoms. The molecule has 4 heteroatoms. The Labute approximate surface area is 105 Å². The lowest BCUT2D eigenvalue weighted by atomic mass is 9.88. The van der Waals surface area contributed by atoms with E-state index in [1.165, 1.54) is 12.1 Å². The Morgan fingerprint density at radius 1 is 1.17 bits per heavy atom. The van der Waals surface area contributed by atoms with Crippen LogP contribution in [0.2, 0.25) is 0 Å². The van der Waals surface area contributed by atoms with Crippen LogP contribution in [0.15, 0.2) is 24.3 Å². The molecule has 0 spiro atoms. The smallest absolute Gasteiger partial charge is 0.294 e. The minimum Gasteiger partial charge on any atom is -0.294 e. The maximum Gasteiger partial charge on any atom is 0.416 e. The van der Waals surface area contributed by atoms with Gasteiger partial charge in [-0.25, -0.2) is 0 Å². The van der Waals surface area contributed by atoms with Gasteiger partial charge in [0.1, 0.15) is 0 Å². The summed E-state index contributed by atoms with van der Waals surface area (Å²) in [7, 11) is 0. The van der Waals surface area contributed by atoms with E-state index < -0.39 is 11.7 Å². The molecule has 0 atom stereocenters. The van der Waals surface area contributed by atoms with E-state index in [4.69, 9.17) is 0 Å². The zero-order valence-electron chi connectivity index (χ0n) is 10.8. The number of carbonyl (C=O) groups excluding carboxylic acids is 1. The van der Waals surface area contributed by atoms with Crippen LogP contribution in [0.1, 0.15) is 49.5 Å². The van der Waals surface area contributed by atoms with E-state index in [0.29, 0.717) is 6.42 Å². The Hall–Kier alpha value is -1.32. The van der Waals surface area contributed by atoms with Gasteiger partial charge < -0.3 is 0 Å². The minimum atomic E-state index is -4.40.